The van der Waals surface area contributed by atoms with Crippen LogP contribution in [0.4, 0.5) is 5.69 Å². The van der Waals surface area contributed by atoms with Gasteiger partial charge in [0.2, 0.25) is 11.8 Å². The van der Waals surface area contributed by atoms with E-state index in [9.17, 15) is 14.4 Å². The van der Waals surface area contributed by atoms with Crippen molar-refractivity contribution in [2.45, 2.75) is 0 Å². The van der Waals surface area contributed by atoms with Gasteiger partial charge >= 0.3 is 0 Å². The van der Waals surface area contributed by atoms with Crippen LogP contribution in [0.2, 0.25) is 5.02 Å². The topological polar surface area (TPSA) is 92.5 Å². The largest absolute Gasteiger partial charge is 0.398 e. The minimum Gasteiger partial charge on any atom is -0.398 e. The molecule has 1 saturated heterocycles. The van der Waals surface area contributed by atoms with Gasteiger partial charge in [0.15, 0.2) is 0 Å². The van der Waals surface area contributed by atoms with Gasteiger partial charge in [-0.2, -0.15) is 0 Å². The maximum absolute atomic E-state index is 12.1. The number of hydrogen-bond donors (Lipinski definition) is 2. The zero-order valence-corrected chi connectivity index (χ0v) is 10.0. The summed E-state index contributed by atoms with van der Waals surface area (Å²) in [7, 11) is 0. The molecule has 0 aromatic heterocycles. The lowest BCUT2D eigenvalue weighted by molar-refractivity contribution is -0.135. The van der Waals surface area contributed by atoms with E-state index in [0.29, 0.717) is 0 Å². The van der Waals surface area contributed by atoms with Gasteiger partial charge in [-0.3, -0.25) is 19.7 Å². The van der Waals surface area contributed by atoms with Crippen molar-refractivity contribution in [1.82, 2.24) is 10.2 Å². The lowest BCUT2D eigenvalue weighted by atomic mass is 10.1. The molecular weight excluding hydrogens is 258 g/mol. The fourth-order valence-electron chi connectivity index (χ4n) is 1.67. The minimum atomic E-state index is -0.514. The van der Waals surface area contributed by atoms with Gasteiger partial charge in [0.25, 0.3) is 5.91 Å². The third-order valence-corrected chi connectivity index (χ3v) is 2.92. The highest BCUT2D eigenvalue weighted by Gasteiger charge is 2.28. The number of carbonyl (C=O) groups is 3. The smallest absolute Gasteiger partial charge is 0.256 e. The van der Waals surface area contributed by atoms with Crippen molar-refractivity contribution in [3.8, 4) is 0 Å². The maximum atomic E-state index is 12.1. The van der Waals surface area contributed by atoms with Crippen LogP contribution in [-0.2, 0) is 9.59 Å². The molecule has 0 unspecified atom stereocenters. The highest BCUT2D eigenvalue weighted by molar-refractivity contribution is 6.36. The van der Waals surface area contributed by atoms with E-state index >= 15 is 0 Å². The number of hydrogen-bond acceptors (Lipinski definition) is 4. The Kier molecular flexibility index (Phi) is 3.20. The predicted octanol–water partition coefficient (Wildman–Crippen LogP) is 0.0208. The second kappa shape index (κ2) is 4.66. The second-order valence-electron chi connectivity index (χ2n) is 3.84. The van der Waals surface area contributed by atoms with Crippen LogP contribution in [0.25, 0.3) is 0 Å². The minimum absolute atomic E-state index is 0.126. The zero-order chi connectivity index (χ0) is 13.3. The molecule has 18 heavy (non-hydrogen) atoms. The quantitative estimate of drug-likeness (QED) is 0.554. The molecule has 3 amide bonds. The fraction of sp³-hybridized carbons (Fsp3) is 0.182. The Morgan fingerprint density at radius 1 is 1.28 bits per heavy atom. The third-order valence-electron chi connectivity index (χ3n) is 2.49. The van der Waals surface area contributed by atoms with Crippen LogP contribution in [0, 0.1) is 0 Å². The molecule has 2 rings (SSSR count). The third kappa shape index (κ3) is 2.28. The highest BCUT2D eigenvalue weighted by atomic mass is 35.5. The number of piperazine rings is 1. The lowest BCUT2D eigenvalue weighted by Crippen LogP contribution is -2.53. The van der Waals surface area contributed by atoms with Gasteiger partial charge in [0.1, 0.15) is 13.1 Å². The van der Waals surface area contributed by atoms with E-state index in [1.807, 2.05) is 0 Å². The summed E-state index contributed by atoms with van der Waals surface area (Å²) in [5, 5.41) is 2.24. The standard InChI is InChI=1S/C11H10ClN3O3/c12-10-6(2-1-3-7(10)13)11(18)15-4-8(16)14-9(17)5-15/h1-3H,4-5,13H2,(H,14,16,17). The first-order valence-corrected chi connectivity index (χ1v) is 5.53. The summed E-state index contributed by atoms with van der Waals surface area (Å²) in [6.07, 6.45) is 0. The number of halogens is 1. The number of nitrogens with two attached hydrogens (primary N) is 1. The average Bonchev–Trinajstić information content (AvgIpc) is 2.30. The van der Waals surface area contributed by atoms with E-state index < -0.39 is 17.7 Å². The summed E-state index contributed by atoms with van der Waals surface area (Å²) in [5.74, 6) is -1.52. The molecule has 0 radical (unpaired) electrons. The zero-order valence-electron chi connectivity index (χ0n) is 9.27. The van der Waals surface area contributed by atoms with Crippen LogP contribution in [0.3, 0.4) is 0 Å². The molecule has 1 aliphatic heterocycles. The number of benzene rings is 1. The van der Waals surface area contributed by atoms with E-state index in [0.717, 1.165) is 4.90 Å². The van der Waals surface area contributed by atoms with Gasteiger partial charge in [-0.1, -0.05) is 17.7 Å². The molecule has 0 bridgehead atoms. The summed E-state index contributed by atoms with van der Waals surface area (Å²) in [6.45, 7) is -0.342. The van der Waals surface area contributed by atoms with Crippen LogP contribution in [0.1, 0.15) is 10.4 Å². The molecule has 94 valence electrons. The van der Waals surface area contributed by atoms with E-state index in [4.69, 9.17) is 17.3 Å². The number of nitrogen functional groups attached to an aromatic ring is 1. The van der Waals surface area contributed by atoms with Crippen LogP contribution in [-0.4, -0.2) is 35.7 Å². The Bertz CT molecular complexity index is 528. The number of anilines is 1. The number of rotatable bonds is 1. The van der Waals surface area contributed by atoms with Crippen LogP contribution in [0.15, 0.2) is 18.2 Å². The van der Waals surface area contributed by atoms with Crippen LogP contribution in [0.5, 0.6) is 0 Å². The van der Waals surface area contributed by atoms with Crippen molar-refractivity contribution in [2.75, 3.05) is 18.8 Å². The molecule has 1 heterocycles. The van der Waals surface area contributed by atoms with Crippen molar-refractivity contribution in [3.63, 3.8) is 0 Å². The average molecular weight is 268 g/mol. The number of amides is 3. The Labute approximate surface area is 108 Å². The molecule has 7 heteroatoms. The normalized spacial score (nSPS) is 15.5. The lowest BCUT2D eigenvalue weighted by Gasteiger charge is -2.25. The molecule has 0 aliphatic carbocycles. The molecule has 0 atom stereocenters. The molecule has 6 nitrogen and oxygen atoms in total. The van der Waals surface area contributed by atoms with E-state index in [-0.39, 0.29) is 29.4 Å². The van der Waals surface area contributed by atoms with Gasteiger partial charge in [-0.05, 0) is 12.1 Å². The molecule has 0 saturated carbocycles. The van der Waals surface area contributed by atoms with Gasteiger partial charge in [0, 0.05) is 0 Å². The van der Waals surface area contributed by atoms with Crippen molar-refractivity contribution in [1.29, 1.82) is 0 Å². The van der Waals surface area contributed by atoms with E-state index in [2.05, 4.69) is 5.32 Å². The van der Waals surface area contributed by atoms with Crippen molar-refractivity contribution >= 4 is 35.0 Å². The van der Waals surface area contributed by atoms with Gasteiger partial charge in [-0.25, -0.2) is 0 Å². The molecular formula is C11H10ClN3O3. The Morgan fingerprint density at radius 2 is 1.89 bits per heavy atom. The Morgan fingerprint density at radius 3 is 2.50 bits per heavy atom. The Hall–Kier alpha value is -2.08. The summed E-state index contributed by atoms with van der Waals surface area (Å²) in [5.41, 5.74) is 6.05. The van der Waals surface area contributed by atoms with Crippen molar-refractivity contribution in [2.24, 2.45) is 0 Å². The van der Waals surface area contributed by atoms with Gasteiger partial charge in [-0.15, -0.1) is 0 Å². The number of carbonyl (C=O) groups excluding carboxylic acids is 3. The summed E-state index contributed by atoms with van der Waals surface area (Å²) >= 11 is 5.92. The van der Waals surface area contributed by atoms with Crippen molar-refractivity contribution < 1.29 is 14.4 Å². The van der Waals surface area contributed by atoms with Gasteiger partial charge < -0.3 is 10.6 Å². The van der Waals surface area contributed by atoms with Crippen LogP contribution < -0.4 is 11.1 Å². The molecule has 1 aromatic carbocycles. The highest BCUT2D eigenvalue weighted by Crippen LogP contribution is 2.24. The second-order valence-corrected chi connectivity index (χ2v) is 4.22. The summed E-state index contributed by atoms with van der Waals surface area (Å²) in [6, 6.07) is 4.64. The van der Waals surface area contributed by atoms with E-state index in [1.165, 1.54) is 6.07 Å². The SMILES string of the molecule is Nc1cccc(C(=O)N2CC(=O)NC(=O)C2)c1Cl. The molecule has 3 N–H and O–H groups in total. The van der Waals surface area contributed by atoms with Crippen LogP contribution >= 0.6 is 11.6 Å². The monoisotopic (exact) mass is 267 g/mol. The number of imide groups is 1. The first-order chi connectivity index (χ1) is 8.49. The first-order valence-electron chi connectivity index (χ1n) is 5.15. The summed E-state index contributed by atoms with van der Waals surface area (Å²) < 4.78 is 0. The molecule has 1 fully saturated rings. The van der Waals surface area contributed by atoms with E-state index in [1.54, 1.807) is 12.1 Å². The number of nitrogens with one attached hydrogen (secondary N) is 1. The predicted molar refractivity (Wildman–Crippen MR) is 64.9 cm³/mol. The molecule has 1 aromatic rings. The first kappa shape index (κ1) is 12.4. The fourth-order valence-corrected chi connectivity index (χ4v) is 1.87. The molecule has 1 aliphatic rings. The number of nitrogens with zero attached hydrogens (tertiary/aromatic N) is 1. The Balaban J connectivity index is 2.28. The summed E-state index contributed by atoms with van der Waals surface area (Å²) in [4.78, 5) is 35.6. The van der Waals surface area contributed by atoms with Gasteiger partial charge in [0.05, 0.1) is 16.3 Å². The maximum Gasteiger partial charge on any atom is 0.256 e. The van der Waals surface area contributed by atoms with Crippen molar-refractivity contribution in [3.05, 3.63) is 28.8 Å². The molecule has 0 spiro atoms.